The van der Waals surface area contributed by atoms with Gasteiger partial charge in [0.1, 0.15) is 18.3 Å². The molecule has 0 spiro atoms. The summed E-state index contributed by atoms with van der Waals surface area (Å²) in [5, 5.41) is 3.12. The van der Waals surface area contributed by atoms with Gasteiger partial charge in [0, 0.05) is 12.6 Å². The fraction of sp³-hybridized carbons (Fsp3) is 0.533. The highest BCUT2D eigenvalue weighted by Gasteiger charge is 2.33. The molecule has 0 radical (unpaired) electrons. The van der Waals surface area contributed by atoms with Crippen LogP contribution in [0.5, 0.6) is 5.75 Å². The summed E-state index contributed by atoms with van der Waals surface area (Å²) in [4.78, 5) is 28.8. The molecule has 0 aromatic heterocycles. The molecule has 1 saturated carbocycles. The van der Waals surface area contributed by atoms with Crippen LogP contribution in [0.2, 0.25) is 0 Å². The number of hydrogen-bond donors (Lipinski definition) is 1. The lowest BCUT2D eigenvalue weighted by molar-refractivity contribution is -0.140. The van der Waals surface area contributed by atoms with Crippen LogP contribution in [0.3, 0.4) is 0 Å². The van der Waals surface area contributed by atoms with Crippen molar-refractivity contribution in [3.05, 3.63) is 59.7 Å². The second-order valence-electron chi connectivity index (χ2n) is 11.4. The molecule has 1 fully saturated rings. The number of methoxy groups -OCH3 is 1. The van der Waals surface area contributed by atoms with Crippen LogP contribution in [0.1, 0.15) is 70.9 Å². The zero-order valence-corrected chi connectivity index (χ0v) is 24.9. The molecule has 1 aliphatic rings. The van der Waals surface area contributed by atoms with Crippen LogP contribution in [0.25, 0.3) is 0 Å². The molecule has 0 bridgehead atoms. The lowest BCUT2D eigenvalue weighted by Crippen LogP contribution is -2.53. The topological polar surface area (TPSA) is 96.0 Å². The largest absolute Gasteiger partial charge is 0.497 e. The lowest BCUT2D eigenvalue weighted by atomic mass is 9.87. The Morgan fingerprint density at radius 3 is 2.26 bits per heavy atom. The summed E-state index contributed by atoms with van der Waals surface area (Å²) >= 11 is 0. The molecule has 39 heavy (non-hydrogen) atoms. The van der Waals surface area contributed by atoms with Gasteiger partial charge in [-0.05, 0) is 60.1 Å². The van der Waals surface area contributed by atoms with Crippen LogP contribution in [0, 0.1) is 0 Å². The van der Waals surface area contributed by atoms with Crippen molar-refractivity contribution in [1.82, 2.24) is 10.2 Å². The van der Waals surface area contributed by atoms with Crippen molar-refractivity contribution in [2.24, 2.45) is 0 Å². The van der Waals surface area contributed by atoms with Crippen molar-refractivity contribution in [1.29, 1.82) is 0 Å². The second kappa shape index (κ2) is 12.9. The van der Waals surface area contributed by atoms with E-state index in [1.54, 1.807) is 19.2 Å². The first-order valence-corrected chi connectivity index (χ1v) is 15.5. The Bertz CT molecular complexity index is 1230. The Morgan fingerprint density at radius 1 is 1.08 bits per heavy atom. The predicted octanol–water partition coefficient (Wildman–Crippen LogP) is 4.62. The Morgan fingerprint density at radius 2 is 1.72 bits per heavy atom. The summed E-state index contributed by atoms with van der Waals surface area (Å²) in [6, 6.07) is 13.9. The molecule has 8 nitrogen and oxygen atoms in total. The fourth-order valence-corrected chi connectivity index (χ4v) is 5.85. The number of ether oxygens (including phenoxy) is 1. The summed E-state index contributed by atoms with van der Waals surface area (Å²) in [7, 11) is -2.21. The first kappa shape index (κ1) is 30.5. The maximum absolute atomic E-state index is 13.9. The van der Waals surface area contributed by atoms with Gasteiger partial charge in [0.15, 0.2) is 0 Å². The van der Waals surface area contributed by atoms with E-state index < -0.39 is 28.5 Å². The summed E-state index contributed by atoms with van der Waals surface area (Å²) in [5.74, 6) is -0.0160. The number of amides is 2. The number of nitrogens with zero attached hydrogens (tertiary/aromatic N) is 2. The second-order valence-corrected chi connectivity index (χ2v) is 13.3. The molecule has 2 aromatic rings. The van der Waals surface area contributed by atoms with Gasteiger partial charge in [-0.1, -0.05) is 64.8 Å². The number of rotatable bonds is 11. The highest BCUT2D eigenvalue weighted by Crippen LogP contribution is 2.27. The number of hydrogen-bond acceptors (Lipinski definition) is 5. The zero-order valence-electron chi connectivity index (χ0n) is 24.1. The van der Waals surface area contributed by atoms with Crippen molar-refractivity contribution >= 4 is 27.5 Å². The van der Waals surface area contributed by atoms with Crippen LogP contribution in [-0.4, -0.2) is 57.1 Å². The maximum atomic E-state index is 13.9. The standard InChI is InChI=1S/C30H43N3O5S/c1-7-27(29(35)31-24-12-8-9-13-24)32(20-22-11-10-14-26(19-22)38-5)28(34)21-33(39(6,36)37)25-17-15-23(16-18-25)30(2,3)4/h10-11,14-19,24,27H,7-9,12-13,20-21H2,1-6H3,(H,31,35)/t27-/m1/s1. The van der Waals surface area contributed by atoms with Gasteiger partial charge in [-0.2, -0.15) is 0 Å². The van der Waals surface area contributed by atoms with Crippen molar-refractivity contribution in [2.45, 2.75) is 83.8 Å². The number of sulfonamides is 1. The average molecular weight is 558 g/mol. The highest BCUT2D eigenvalue weighted by molar-refractivity contribution is 7.92. The van der Waals surface area contributed by atoms with E-state index in [2.05, 4.69) is 26.1 Å². The Kier molecular flexibility index (Phi) is 10.0. The van der Waals surface area contributed by atoms with Crippen molar-refractivity contribution in [2.75, 3.05) is 24.2 Å². The molecular weight excluding hydrogens is 514 g/mol. The molecule has 0 saturated heterocycles. The summed E-state index contributed by atoms with van der Waals surface area (Å²) < 4.78 is 32.2. The highest BCUT2D eigenvalue weighted by atomic mass is 32.2. The normalized spacial score (nSPS) is 15.0. The van der Waals surface area contributed by atoms with Crippen molar-refractivity contribution in [3.8, 4) is 5.75 Å². The Labute approximate surface area is 233 Å². The van der Waals surface area contributed by atoms with E-state index in [1.165, 1.54) is 4.90 Å². The molecule has 1 aliphatic carbocycles. The quantitative estimate of drug-likeness (QED) is 0.435. The number of anilines is 1. The van der Waals surface area contributed by atoms with Crippen molar-refractivity contribution < 1.29 is 22.7 Å². The van der Waals surface area contributed by atoms with Crippen LogP contribution in [-0.2, 0) is 31.6 Å². The van der Waals surface area contributed by atoms with E-state index in [-0.39, 0.29) is 23.9 Å². The van der Waals surface area contributed by atoms with E-state index in [0.717, 1.165) is 47.4 Å². The number of carbonyl (C=O) groups excluding carboxylic acids is 2. The van der Waals surface area contributed by atoms with Crippen LogP contribution < -0.4 is 14.4 Å². The Balaban J connectivity index is 1.93. The Hall–Kier alpha value is -3.07. The zero-order chi connectivity index (χ0) is 28.8. The molecule has 1 N–H and O–H groups in total. The summed E-state index contributed by atoms with van der Waals surface area (Å²) in [5.41, 5.74) is 2.15. The van der Waals surface area contributed by atoms with Gasteiger partial charge >= 0.3 is 0 Å². The lowest BCUT2D eigenvalue weighted by Gasteiger charge is -2.33. The van der Waals surface area contributed by atoms with Gasteiger partial charge in [0.05, 0.1) is 19.1 Å². The number of benzene rings is 2. The molecule has 1 atom stereocenters. The molecule has 3 rings (SSSR count). The van der Waals surface area contributed by atoms with Crippen LogP contribution in [0.15, 0.2) is 48.5 Å². The molecule has 2 amide bonds. The van der Waals surface area contributed by atoms with E-state index in [0.29, 0.717) is 17.9 Å². The molecule has 9 heteroatoms. The summed E-state index contributed by atoms with van der Waals surface area (Å²) in [6.45, 7) is 7.84. The van der Waals surface area contributed by atoms with E-state index in [9.17, 15) is 18.0 Å². The average Bonchev–Trinajstić information content (AvgIpc) is 3.39. The molecule has 0 heterocycles. The molecule has 2 aromatic carbocycles. The fourth-order valence-electron chi connectivity index (χ4n) is 5.00. The molecule has 0 unspecified atom stereocenters. The van der Waals surface area contributed by atoms with Gasteiger partial charge in [-0.25, -0.2) is 8.42 Å². The van der Waals surface area contributed by atoms with Crippen LogP contribution >= 0.6 is 0 Å². The molecular formula is C30H43N3O5S. The smallest absolute Gasteiger partial charge is 0.244 e. The van der Waals surface area contributed by atoms with E-state index >= 15 is 0 Å². The van der Waals surface area contributed by atoms with Gasteiger partial charge in [0.25, 0.3) is 0 Å². The van der Waals surface area contributed by atoms with Gasteiger partial charge < -0.3 is 15.0 Å². The first-order chi connectivity index (χ1) is 18.3. The number of carbonyl (C=O) groups is 2. The third-order valence-electron chi connectivity index (χ3n) is 7.28. The number of nitrogens with one attached hydrogen (secondary N) is 1. The van der Waals surface area contributed by atoms with E-state index in [4.69, 9.17) is 4.74 Å². The predicted molar refractivity (Wildman–Crippen MR) is 155 cm³/mol. The third-order valence-corrected chi connectivity index (χ3v) is 8.42. The first-order valence-electron chi connectivity index (χ1n) is 13.6. The van der Waals surface area contributed by atoms with Crippen molar-refractivity contribution in [3.63, 3.8) is 0 Å². The molecule has 214 valence electrons. The van der Waals surface area contributed by atoms with Gasteiger partial charge in [-0.15, -0.1) is 0 Å². The summed E-state index contributed by atoms with van der Waals surface area (Å²) in [6.07, 6.45) is 5.50. The van der Waals surface area contributed by atoms with Gasteiger partial charge in [0.2, 0.25) is 21.8 Å². The third kappa shape index (κ3) is 8.21. The minimum absolute atomic E-state index is 0.0984. The minimum Gasteiger partial charge on any atom is -0.497 e. The SMILES string of the molecule is CC[C@H](C(=O)NC1CCCC1)N(Cc1cccc(OC)c1)C(=O)CN(c1ccc(C(C)(C)C)cc1)S(C)(=O)=O. The maximum Gasteiger partial charge on any atom is 0.244 e. The van der Waals surface area contributed by atoms with E-state index in [1.807, 2.05) is 43.3 Å². The van der Waals surface area contributed by atoms with Gasteiger partial charge in [-0.3, -0.25) is 13.9 Å². The molecule has 0 aliphatic heterocycles. The van der Waals surface area contributed by atoms with Crippen LogP contribution in [0.4, 0.5) is 5.69 Å². The monoisotopic (exact) mass is 557 g/mol. The minimum atomic E-state index is -3.78.